The monoisotopic (exact) mass is 360 g/mol. The molecule has 0 aliphatic heterocycles. The minimum Gasteiger partial charge on any atom is 0 e. The van der Waals surface area contributed by atoms with Crippen LogP contribution in [0.4, 0.5) is 0 Å². The fraction of sp³-hybridized carbons (Fsp3) is 0.667. The predicted octanol–water partition coefficient (Wildman–Crippen LogP) is -0.730. The third-order valence-corrected chi connectivity index (χ3v) is 1.17. The van der Waals surface area contributed by atoms with Gasteiger partial charge in [0.2, 0.25) is 0 Å². The van der Waals surface area contributed by atoms with Gasteiger partial charge in [-0.3, -0.25) is 0 Å². The van der Waals surface area contributed by atoms with E-state index < -0.39 is 0 Å². The van der Waals surface area contributed by atoms with Crippen LogP contribution in [0.2, 0.25) is 0 Å². The average Bonchev–Trinajstić information content (AvgIpc) is 1.36. The number of hydrogen-bond acceptors (Lipinski definition) is 1. The van der Waals surface area contributed by atoms with E-state index in [1.54, 1.807) is 4.90 Å². The first-order valence-electron chi connectivity index (χ1n) is 1.57. The molecular weight excluding hydrogens is 352 g/mol. The van der Waals surface area contributed by atoms with Crippen molar-refractivity contribution in [1.82, 2.24) is 4.90 Å². The zero-order chi connectivity index (χ0) is 5.15. The molecule has 0 fully saturated rings. The van der Waals surface area contributed by atoms with Gasteiger partial charge in [-0.15, -0.1) is 0 Å². The molecule has 0 aliphatic carbocycles. The summed E-state index contributed by atoms with van der Waals surface area (Å²) < 4.78 is 0.468. The Kier molecular flexibility index (Phi) is 7.73. The van der Waals surface area contributed by atoms with Crippen molar-refractivity contribution in [3.8, 4) is 0 Å². The minimum atomic E-state index is 0. The van der Waals surface area contributed by atoms with Crippen LogP contribution >= 0.6 is 0 Å². The molecule has 1 N–H and O–H groups in total. The molecule has 0 aliphatic rings. The van der Waals surface area contributed by atoms with Gasteiger partial charge in [-0.1, -0.05) is 0 Å². The Morgan fingerprint density at radius 3 is 1.71 bits per heavy atom. The smallest absolute Gasteiger partial charge is 0 e. The maximum Gasteiger partial charge on any atom is 0 e. The van der Waals surface area contributed by atoms with Gasteiger partial charge in [-0.25, -0.2) is 0 Å². The van der Waals surface area contributed by atoms with Crippen LogP contribution in [-0.4, -0.2) is 65.9 Å². The van der Waals surface area contributed by atoms with Crippen molar-refractivity contribution in [2.75, 3.05) is 14.1 Å². The van der Waals surface area contributed by atoms with Crippen molar-refractivity contribution in [2.45, 2.75) is 0 Å². The second-order valence-corrected chi connectivity index (χ2v) is 2.01. The minimum absolute atomic E-state index is 0. The first-order chi connectivity index (χ1) is 2.64. The van der Waals surface area contributed by atoms with Crippen LogP contribution in [0.3, 0.4) is 0 Å². The van der Waals surface area contributed by atoms with E-state index in [9.17, 15) is 0 Å². The van der Waals surface area contributed by atoms with Crippen molar-refractivity contribution >= 4 is 47.0 Å². The Morgan fingerprint density at radius 2 is 1.71 bits per heavy atom. The first-order valence-corrected chi connectivity index (χ1v) is 2.43. The molecule has 0 bridgehead atoms. The molecule has 7 heavy (non-hydrogen) atoms. The van der Waals surface area contributed by atoms with Gasteiger partial charge in [0.15, 0.2) is 0 Å². The van der Waals surface area contributed by atoms with Gasteiger partial charge in [-0.2, -0.15) is 0 Å². The van der Waals surface area contributed by atoms with Gasteiger partial charge >= 0.3 is 45.2 Å². The SMILES string of the molecule is CN(C)C(=N)[Se].[Bi]. The van der Waals surface area contributed by atoms with Crippen molar-refractivity contribution < 1.29 is 0 Å². The molecule has 2 nitrogen and oxygen atoms in total. The zero-order valence-corrected chi connectivity index (χ0v) is 9.49. The summed E-state index contributed by atoms with van der Waals surface area (Å²) in [6.07, 6.45) is 0. The maximum absolute atomic E-state index is 6.82. The van der Waals surface area contributed by atoms with Crippen molar-refractivity contribution in [3.63, 3.8) is 0 Å². The Balaban J connectivity index is 0. The van der Waals surface area contributed by atoms with Crippen molar-refractivity contribution in [1.29, 1.82) is 5.41 Å². The van der Waals surface area contributed by atoms with Crippen LogP contribution in [0.1, 0.15) is 0 Å². The molecular formula is C3H7BiN2Se. The summed E-state index contributed by atoms with van der Waals surface area (Å²) in [5.41, 5.74) is 0. The Bertz CT molecular complexity index is 64.0. The zero-order valence-electron chi connectivity index (χ0n) is 4.30. The molecule has 4 heteroatoms. The van der Waals surface area contributed by atoms with Crippen LogP contribution in [-0.2, 0) is 0 Å². The number of rotatable bonds is 0. The van der Waals surface area contributed by atoms with E-state index in [1.807, 2.05) is 14.1 Å². The fourth-order valence-corrected chi connectivity index (χ4v) is 0. The molecule has 0 atom stereocenters. The number of nitrogens with zero attached hydrogens (tertiary/aromatic N) is 1. The van der Waals surface area contributed by atoms with Gasteiger partial charge in [-0.05, 0) is 0 Å². The summed E-state index contributed by atoms with van der Waals surface area (Å²) in [6.45, 7) is 0. The van der Waals surface area contributed by atoms with Gasteiger partial charge in [0.1, 0.15) is 0 Å². The van der Waals surface area contributed by atoms with E-state index in [2.05, 4.69) is 16.0 Å². The topological polar surface area (TPSA) is 27.1 Å². The second-order valence-electron chi connectivity index (χ2n) is 1.20. The Labute approximate surface area is 71.1 Å². The molecule has 0 unspecified atom stereocenters. The fourth-order valence-electron chi connectivity index (χ4n) is 0. The number of hydrogen-bond donors (Lipinski definition) is 1. The van der Waals surface area contributed by atoms with E-state index in [4.69, 9.17) is 5.41 Å². The van der Waals surface area contributed by atoms with E-state index in [1.165, 1.54) is 0 Å². The predicted molar refractivity (Wildman–Crippen MR) is 32.9 cm³/mol. The summed E-state index contributed by atoms with van der Waals surface area (Å²) in [7, 11) is 3.64. The molecule has 0 aromatic rings. The summed E-state index contributed by atoms with van der Waals surface area (Å²) >= 11 is 2.55. The van der Waals surface area contributed by atoms with E-state index >= 15 is 0 Å². The van der Waals surface area contributed by atoms with Gasteiger partial charge < -0.3 is 0 Å². The van der Waals surface area contributed by atoms with E-state index in [-0.39, 0.29) is 26.2 Å². The summed E-state index contributed by atoms with van der Waals surface area (Å²) in [5, 5.41) is 6.82. The third kappa shape index (κ3) is 6.87. The van der Waals surface area contributed by atoms with Crippen LogP contribution in [0, 0.1) is 5.41 Å². The summed E-state index contributed by atoms with van der Waals surface area (Å²) in [5.74, 6) is 0. The average molecular weight is 359 g/mol. The van der Waals surface area contributed by atoms with Crippen molar-refractivity contribution in [3.05, 3.63) is 0 Å². The molecule has 0 amide bonds. The molecule has 4 radical (unpaired) electrons. The van der Waals surface area contributed by atoms with Gasteiger partial charge in [0.05, 0.1) is 0 Å². The van der Waals surface area contributed by atoms with E-state index in [0.717, 1.165) is 0 Å². The molecule has 0 saturated carbocycles. The summed E-state index contributed by atoms with van der Waals surface area (Å²) in [4.78, 5) is 1.69. The molecule has 0 aromatic carbocycles. The van der Waals surface area contributed by atoms with Crippen LogP contribution in [0.25, 0.3) is 0 Å². The molecule has 0 rings (SSSR count). The molecule has 0 aromatic heterocycles. The second kappa shape index (κ2) is 5.02. The van der Waals surface area contributed by atoms with E-state index in [0.29, 0.717) is 4.73 Å². The van der Waals surface area contributed by atoms with Gasteiger partial charge in [0.25, 0.3) is 0 Å². The third-order valence-electron chi connectivity index (χ3n) is 0.406. The van der Waals surface area contributed by atoms with Crippen LogP contribution in [0.15, 0.2) is 0 Å². The largest absolute Gasteiger partial charge is 0 e. The van der Waals surface area contributed by atoms with Crippen molar-refractivity contribution in [2.24, 2.45) is 0 Å². The number of nitrogens with one attached hydrogen (secondary N) is 1. The molecule has 0 heterocycles. The first kappa shape index (κ1) is 10.8. The standard InChI is InChI=1S/C3H7N2Se.Bi/c1-5(2)3(4)6;/h4H,1-2H3;. The van der Waals surface area contributed by atoms with Gasteiger partial charge in [0, 0.05) is 26.2 Å². The molecule has 40 valence electrons. The Hall–Kier alpha value is 0.873. The molecule has 0 spiro atoms. The van der Waals surface area contributed by atoms with Crippen LogP contribution in [0.5, 0.6) is 0 Å². The quantitative estimate of drug-likeness (QED) is 0.345. The Morgan fingerprint density at radius 1 is 1.57 bits per heavy atom. The maximum atomic E-state index is 6.82. The van der Waals surface area contributed by atoms with Crippen LogP contribution < -0.4 is 0 Å². The molecule has 0 saturated heterocycles. The summed E-state index contributed by atoms with van der Waals surface area (Å²) in [6, 6.07) is 0. The number of amidine groups is 1. The normalized spacial score (nSPS) is 6.57.